The number of hydrogen-bond donors (Lipinski definition) is 1. The molecule has 1 aliphatic rings. The summed E-state index contributed by atoms with van der Waals surface area (Å²) in [6, 6.07) is 0. The maximum Gasteiger partial charge on any atom is 0.324 e. The molecule has 0 aromatic heterocycles. The Hall–Kier alpha value is -1.10. The lowest BCUT2D eigenvalue weighted by Gasteiger charge is -2.33. The van der Waals surface area contributed by atoms with Crippen LogP contribution >= 0.6 is 0 Å². The summed E-state index contributed by atoms with van der Waals surface area (Å²) < 4.78 is 10.3. The van der Waals surface area contributed by atoms with E-state index in [0.29, 0.717) is 0 Å². The molecule has 5 heteroatoms. The van der Waals surface area contributed by atoms with Crippen molar-refractivity contribution in [3.05, 3.63) is 0 Å². The SMILES string of the molecule is CC(C)(C)OC(=O)C1(C(=O)O)CCOCC1. The molecule has 1 saturated heterocycles. The second-order valence-corrected chi connectivity index (χ2v) is 5.00. The van der Waals surface area contributed by atoms with Gasteiger partial charge in [0.05, 0.1) is 0 Å². The van der Waals surface area contributed by atoms with E-state index in [0.717, 1.165) is 0 Å². The maximum absolute atomic E-state index is 11.9. The summed E-state index contributed by atoms with van der Waals surface area (Å²) in [5.74, 6) is -1.78. The largest absolute Gasteiger partial charge is 0.480 e. The minimum absolute atomic E-state index is 0.178. The number of carbonyl (C=O) groups excluding carboxylic acids is 1. The third-order valence-corrected chi connectivity index (χ3v) is 2.55. The van der Waals surface area contributed by atoms with Crippen LogP contribution in [0.5, 0.6) is 0 Å². The van der Waals surface area contributed by atoms with Crippen molar-refractivity contribution in [1.82, 2.24) is 0 Å². The quantitative estimate of drug-likeness (QED) is 0.570. The van der Waals surface area contributed by atoms with Crippen molar-refractivity contribution >= 4 is 11.9 Å². The zero-order valence-corrected chi connectivity index (χ0v) is 9.91. The van der Waals surface area contributed by atoms with Gasteiger partial charge in [-0.1, -0.05) is 0 Å². The molecule has 1 N–H and O–H groups in total. The first-order chi connectivity index (χ1) is 7.28. The first-order valence-electron chi connectivity index (χ1n) is 5.32. The molecule has 0 amide bonds. The number of carboxylic acids is 1. The molecule has 1 heterocycles. The van der Waals surface area contributed by atoms with Gasteiger partial charge in [-0.3, -0.25) is 9.59 Å². The highest BCUT2D eigenvalue weighted by Crippen LogP contribution is 2.33. The van der Waals surface area contributed by atoms with Crippen molar-refractivity contribution in [2.24, 2.45) is 5.41 Å². The molecule has 1 fully saturated rings. The van der Waals surface area contributed by atoms with Gasteiger partial charge >= 0.3 is 11.9 Å². The van der Waals surface area contributed by atoms with E-state index >= 15 is 0 Å². The lowest BCUT2D eigenvalue weighted by atomic mass is 9.80. The van der Waals surface area contributed by atoms with Gasteiger partial charge in [0, 0.05) is 13.2 Å². The minimum Gasteiger partial charge on any atom is -0.480 e. The molecular weight excluding hydrogens is 212 g/mol. The van der Waals surface area contributed by atoms with Crippen LogP contribution in [0.15, 0.2) is 0 Å². The summed E-state index contributed by atoms with van der Waals surface area (Å²) in [7, 11) is 0. The van der Waals surface area contributed by atoms with Crippen LogP contribution in [0.3, 0.4) is 0 Å². The van der Waals surface area contributed by atoms with E-state index in [4.69, 9.17) is 9.47 Å². The van der Waals surface area contributed by atoms with Crippen LogP contribution in [0.1, 0.15) is 33.6 Å². The van der Waals surface area contributed by atoms with E-state index in [1.54, 1.807) is 20.8 Å². The van der Waals surface area contributed by atoms with E-state index in [1.807, 2.05) is 0 Å². The Morgan fingerprint density at radius 3 is 2.12 bits per heavy atom. The monoisotopic (exact) mass is 230 g/mol. The van der Waals surface area contributed by atoms with Crippen LogP contribution < -0.4 is 0 Å². The van der Waals surface area contributed by atoms with Gasteiger partial charge in [0.25, 0.3) is 0 Å². The Morgan fingerprint density at radius 1 is 1.25 bits per heavy atom. The van der Waals surface area contributed by atoms with E-state index < -0.39 is 23.0 Å². The highest BCUT2D eigenvalue weighted by Gasteiger charge is 2.49. The Labute approximate surface area is 94.7 Å². The fraction of sp³-hybridized carbons (Fsp3) is 0.818. The normalized spacial score (nSPS) is 20.2. The smallest absolute Gasteiger partial charge is 0.324 e. The van der Waals surface area contributed by atoms with Crippen molar-refractivity contribution < 1.29 is 24.2 Å². The number of hydrogen-bond acceptors (Lipinski definition) is 4. The molecule has 0 bridgehead atoms. The van der Waals surface area contributed by atoms with Gasteiger partial charge in [0.15, 0.2) is 5.41 Å². The summed E-state index contributed by atoms with van der Waals surface area (Å²) in [5, 5.41) is 9.20. The second-order valence-electron chi connectivity index (χ2n) is 5.00. The molecule has 0 aromatic rings. The lowest BCUT2D eigenvalue weighted by Crippen LogP contribution is -2.47. The molecule has 5 nitrogen and oxygen atoms in total. The fourth-order valence-electron chi connectivity index (χ4n) is 1.60. The topological polar surface area (TPSA) is 72.8 Å². The molecule has 0 atom stereocenters. The van der Waals surface area contributed by atoms with Crippen LogP contribution in [-0.4, -0.2) is 35.9 Å². The fourth-order valence-corrected chi connectivity index (χ4v) is 1.60. The van der Waals surface area contributed by atoms with Crippen LogP contribution in [0, 0.1) is 5.41 Å². The van der Waals surface area contributed by atoms with E-state index in [9.17, 15) is 14.7 Å². The number of carboxylic acid groups (broad SMARTS) is 1. The maximum atomic E-state index is 11.9. The van der Waals surface area contributed by atoms with Gasteiger partial charge in [0.1, 0.15) is 5.60 Å². The molecule has 92 valence electrons. The van der Waals surface area contributed by atoms with E-state index in [2.05, 4.69) is 0 Å². The predicted molar refractivity (Wildman–Crippen MR) is 56.0 cm³/mol. The van der Waals surface area contributed by atoms with Crippen molar-refractivity contribution in [3.8, 4) is 0 Å². The van der Waals surface area contributed by atoms with Gasteiger partial charge in [-0.25, -0.2) is 0 Å². The molecule has 16 heavy (non-hydrogen) atoms. The first-order valence-corrected chi connectivity index (χ1v) is 5.32. The third kappa shape index (κ3) is 2.72. The Kier molecular flexibility index (Phi) is 3.57. The molecule has 0 radical (unpaired) electrons. The second kappa shape index (κ2) is 4.41. The number of esters is 1. The van der Waals surface area contributed by atoms with E-state index in [-0.39, 0.29) is 26.1 Å². The zero-order valence-electron chi connectivity index (χ0n) is 9.91. The minimum atomic E-state index is -1.43. The number of rotatable bonds is 2. The lowest BCUT2D eigenvalue weighted by molar-refractivity contribution is -0.183. The number of aliphatic carboxylic acids is 1. The molecule has 1 rings (SSSR count). The van der Waals surface area contributed by atoms with Gasteiger partial charge in [-0.05, 0) is 33.6 Å². The van der Waals surface area contributed by atoms with Crippen molar-refractivity contribution in [2.45, 2.75) is 39.2 Å². The molecule has 0 unspecified atom stereocenters. The van der Waals surface area contributed by atoms with Crippen molar-refractivity contribution in [3.63, 3.8) is 0 Å². The third-order valence-electron chi connectivity index (χ3n) is 2.55. The summed E-state index contributed by atoms with van der Waals surface area (Å²) in [6.07, 6.45) is 0.356. The van der Waals surface area contributed by atoms with Gasteiger partial charge < -0.3 is 14.6 Å². The van der Waals surface area contributed by atoms with Gasteiger partial charge in [-0.2, -0.15) is 0 Å². The van der Waals surface area contributed by atoms with Crippen LogP contribution in [0.25, 0.3) is 0 Å². The summed E-state index contributed by atoms with van der Waals surface area (Å²) >= 11 is 0. The summed E-state index contributed by atoms with van der Waals surface area (Å²) in [6.45, 7) is 5.73. The standard InChI is InChI=1S/C11H18O5/c1-10(2,3)16-9(14)11(8(12)13)4-6-15-7-5-11/h4-7H2,1-3H3,(H,12,13). The average Bonchev–Trinajstić information content (AvgIpc) is 2.16. The summed E-state index contributed by atoms with van der Waals surface area (Å²) in [4.78, 5) is 23.2. The molecule has 0 aromatic carbocycles. The van der Waals surface area contributed by atoms with E-state index in [1.165, 1.54) is 0 Å². The molecular formula is C11H18O5. The van der Waals surface area contributed by atoms with Crippen molar-refractivity contribution in [1.29, 1.82) is 0 Å². The molecule has 1 aliphatic heterocycles. The highest BCUT2D eigenvalue weighted by atomic mass is 16.6. The van der Waals surface area contributed by atoms with Crippen molar-refractivity contribution in [2.75, 3.05) is 13.2 Å². The zero-order chi connectivity index (χ0) is 12.4. The Bertz CT molecular complexity index is 283. The average molecular weight is 230 g/mol. The van der Waals surface area contributed by atoms with Crippen LogP contribution in [0.2, 0.25) is 0 Å². The Balaban J connectivity index is 2.85. The highest BCUT2D eigenvalue weighted by molar-refractivity contribution is 5.99. The molecule has 0 saturated carbocycles. The number of carbonyl (C=O) groups is 2. The summed E-state index contributed by atoms with van der Waals surface area (Å²) in [5.41, 5.74) is -2.09. The van der Waals surface area contributed by atoms with Gasteiger partial charge in [0.2, 0.25) is 0 Å². The predicted octanol–water partition coefficient (Wildman–Crippen LogP) is 1.21. The van der Waals surface area contributed by atoms with Gasteiger partial charge in [-0.15, -0.1) is 0 Å². The first kappa shape index (κ1) is 13.0. The molecule has 0 spiro atoms. The number of ether oxygens (including phenoxy) is 2. The van der Waals surface area contributed by atoms with Crippen LogP contribution in [0.4, 0.5) is 0 Å². The van der Waals surface area contributed by atoms with Crippen LogP contribution in [-0.2, 0) is 19.1 Å². The molecule has 0 aliphatic carbocycles. The Morgan fingerprint density at radius 2 is 1.75 bits per heavy atom.